The Labute approximate surface area is 203 Å². The molecule has 1 aromatic rings. The Morgan fingerprint density at radius 3 is 2.55 bits per heavy atom. The van der Waals surface area contributed by atoms with Gasteiger partial charge >= 0.3 is 0 Å². The number of hydrogen-bond donors (Lipinski definition) is 2. The van der Waals surface area contributed by atoms with Gasteiger partial charge in [-0.05, 0) is 64.3 Å². The van der Waals surface area contributed by atoms with Crippen molar-refractivity contribution in [1.29, 1.82) is 0 Å². The highest BCUT2D eigenvalue weighted by Crippen LogP contribution is 2.31. The van der Waals surface area contributed by atoms with Crippen LogP contribution < -0.4 is 15.4 Å². The number of halogens is 2. The van der Waals surface area contributed by atoms with Gasteiger partial charge in [0.1, 0.15) is 6.10 Å². The zero-order valence-electron chi connectivity index (χ0n) is 18.9. The maximum atomic E-state index is 13.9. The van der Waals surface area contributed by atoms with E-state index in [0.29, 0.717) is 12.3 Å². The Morgan fingerprint density at radius 2 is 1.90 bits per heavy atom. The van der Waals surface area contributed by atoms with Gasteiger partial charge < -0.3 is 20.1 Å². The Hall–Kier alpha value is -1.13. The summed E-state index contributed by atoms with van der Waals surface area (Å²) < 4.78 is 25.4. The number of hydrogen-bond acceptors (Lipinski definition) is 4. The Balaban J connectivity index is 0.00000341. The molecule has 2 N–H and O–H groups in total. The fourth-order valence-corrected chi connectivity index (χ4v) is 4.28. The fourth-order valence-electron chi connectivity index (χ4n) is 4.28. The summed E-state index contributed by atoms with van der Waals surface area (Å²) in [6.07, 6.45) is 5.25. The summed E-state index contributed by atoms with van der Waals surface area (Å²) in [5, 5.41) is 6.74. The van der Waals surface area contributed by atoms with Gasteiger partial charge in [0.2, 0.25) is 0 Å². The van der Waals surface area contributed by atoms with E-state index < -0.39 is 0 Å². The van der Waals surface area contributed by atoms with Crippen LogP contribution in [0.5, 0.6) is 5.75 Å². The first-order valence-corrected chi connectivity index (χ1v) is 11.4. The molecule has 0 bridgehead atoms. The largest absolute Gasteiger partial charge is 0.486 e. The summed E-state index contributed by atoms with van der Waals surface area (Å²) >= 11 is 0. The summed E-state index contributed by atoms with van der Waals surface area (Å²) in [7, 11) is 0. The molecule has 1 aromatic carbocycles. The van der Waals surface area contributed by atoms with Crippen LogP contribution >= 0.6 is 24.0 Å². The van der Waals surface area contributed by atoms with Crippen molar-refractivity contribution in [2.75, 3.05) is 45.9 Å². The normalized spacial score (nSPS) is 20.0. The van der Waals surface area contributed by atoms with E-state index in [-0.39, 0.29) is 41.4 Å². The van der Waals surface area contributed by atoms with Crippen molar-refractivity contribution in [2.45, 2.75) is 57.6 Å². The lowest BCUT2D eigenvalue weighted by atomic mass is 9.88. The zero-order chi connectivity index (χ0) is 21.2. The van der Waals surface area contributed by atoms with E-state index in [4.69, 9.17) is 14.5 Å². The first-order valence-electron chi connectivity index (χ1n) is 11.4. The standard InChI is InChI=1S/C23H37FN4O2.HI/c1-3-19(30-21-10-6-5-9-20(21)24)17-26-22(25-4-2)27-18-23(11-15-29-16-12-23)28-13-7-8-14-28;/h5-6,9-10,19H,3-4,7-8,11-18H2,1-2H3,(H2,25,26,27);1H. The van der Waals surface area contributed by atoms with Gasteiger partial charge in [-0.1, -0.05) is 19.1 Å². The molecule has 0 radical (unpaired) electrons. The molecule has 1 unspecified atom stereocenters. The van der Waals surface area contributed by atoms with Crippen LogP contribution in [0.1, 0.15) is 46.0 Å². The molecule has 2 saturated heterocycles. The van der Waals surface area contributed by atoms with Crippen LogP contribution in [0, 0.1) is 5.82 Å². The highest BCUT2D eigenvalue weighted by Gasteiger charge is 2.39. The third-order valence-electron chi connectivity index (χ3n) is 6.16. The number of para-hydroxylation sites is 1. The SMILES string of the molecule is CCNC(=NCC1(N2CCCC2)CCOCC1)NCC(CC)Oc1ccccc1F.I. The molecule has 0 aliphatic carbocycles. The average molecular weight is 548 g/mol. The van der Waals surface area contributed by atoms with Crippen molar-refractivity contribution >= 4 is 29.9 Å². The number of likely N-dealkylation sites (tertiary alicyclic amines) is 1. The van der Waals surface area contributed by atoms with Crippen LogP contribution in [-0.4, -0.2) is 68.4 Å². The second-order valence-electron chi connectivity index (χ2n) is 8.19. The molecule has 0 aromatic heterocycles. The quantitative estimate of drug-likeness (QED) is 0.280. The minimum atomic E-state index is -0.330. The van der Waals surface area contributed by atoms with Gasteiger partial charge in [-0.25, -0.2) is 4.39 Å². The predicted molar refractivity (Wildman–Crippen MR) is 134 cm³/mol. The third kappa shape index (κ3) is 7.46. The molecule has 3 rings (SSSR count). The van der Waals surface area contributed by atoms with Crippen molar-refractivity contribution in [1.82, 2.24) is 15.5 Å². The Morgan fingerprint density at radius 1 is 1.19 bits per heavy atom. The zero-order valence-corrected chi connectivity index (χ0v) is 21.2. The second-order valence-corrected chi connectivity index (χ2v) is 8.19. The first-order chi connectivity index (χ1) is 14.7. The molecule has 2 heterocycles. The maximum Gasteiger partial charge on any atom is 0.191 e. The summed E-state index contributed by atoms with van der Waals surface area (Å²) in [6, 6.07) is 6.55. The van der Waals surface area contributed by atoms with Gasteiger partial charge in [0, 0.05) is 25.3 Å². The third-order valence-corrected chi connectivity index (χ3v) is 6.16. The van der Waals surface area contributed by atoms with E-state index in [2.05, 4.69) is 22.5 Å². The van der Waals surface area contributed by atoms with E-state index in [1.54, 1.807) is 18.2 Å². The van der Waals surface area contributed by atoms with Gasteiger partial charge in [0.05, 0.1) is 13.1 Å². The summed E-state index contributed by atoms with van der Waals surface area (Å²) in [5.41, 5.74) is 0.102. The van der Waals surface area contributed by atoms with Crippen LogP contribution in [-0.2, 0) is 4.74 Å². The smallest absolute Gasteiger partial charge is 0.191 e. The molecule has 6 nitrogen and oxygen atoms in total. The van der Waals surface area contributed by atoms with Crippen molar-refractivity contribution in [3.8, 4) is 5.75 Å². The Kier molecular flexibility index (Phi) is 11.3. The second kappa shape index (κ2) is 13.4. The molecule has 31 heavy (non-hydrogen) atoms. The number of rotatable bonds is 9. The topological polar surface area (TPSA) is 58.1 Å². The van der Waals surface area contributed by atoms with E-state index in [1.165, 1.54) is 18.9 Å². The van der Waals surface area contributed by atoms with Gasteiger partial charge in [-0.15, -0.1) is 24.0 Å². The monoisotopic (exact) mass is 548 g/mol. The number of guanidine groups is 1. The maximum absolute atomic E-state index is 13.9. The van der Waals surface area contributed by atoms with Gasteiger partial charge in [-0.2, -0.15) is 0 Å². The van der Waals surface area contributed by atoms with Crippen LogP contribution in [0.4, 0.5) is 4.39 Å². The number of nitrogens with zero attached hydrogens (tertiary/aromatic N) is 2. The van der Waals surface area contributed by atoms with Crippen LogP contribution in [0.3, 0.4) is 0 Å². The molecule has 2 aliphatic heterocycles. The van der Waals surface area contributed by atoms with Gasteiger partial charge in [0.25, 0.3) is 0 Å². The van der Waals surface area contributed by atoms with E-state index in [1.807, 2.05) is 6.92 Å². The average Bonchev–Trinajstić information content (AvgIpc) is 3.32. The van der Waals surface area contributed by atoms with E-state index in [9.17, 15) is 4.39 Å². The minimum Gasteiger partial charge on any atom is -0.486 e. The molecule has 1 atom stereocenters. The molecule has 0 spiro atoms. The number of benzene rings is 1. The van der Waals surface area contributed by atoms with E-state index >= 15 is 0 Å². The Bertz CT molecular complexity index is 679. The summed E-state index contributed by atoms with van der Waals surface area (Å²) in [4.78, 5) is 7.58. The number of ether oxygens (including phenoxy) is 2. The molecule has 2 aliphatic rings. The molecule has 176 valence electrons. The predicted octanol–water partition coefficient (Wildman–Crippen LogP) is 3.80. The highest BCUT2D eigenvalue weighted by atomic mass is 127. The molecule has 2 fully saturated rings. The van der Waals surface area contributed by atoms with Crippen LogP contribution in [0.2, 0.25) is 0 Å². The highest BCUT2D eigenvalue weighted by molar-refractivity contribution is 14.0. The lowest BCUT2D eigenvalue weighted by molar-refractivity contribution is -0.0139. The van der Waals surface area contributed by atoms with Crippen molar-refractivity contribution in [2.24, 2.45) is 4.99 Å². The number of nitrogens with one attached hydrogen (secondary N) is 2. The van der Waals surface area contributed by atoms with Crippen LogP contribution in [0.25, 0.3) is 0 Å². The first kappa shape index (κ1) is 26.1. The van der Waals surface area contributed by atoms with Crippen molar-refractivity contribution < 1.29 is 13.9 Å². The molecule has 0 saturated carbocycles. The molecular weight excluding hydrogens is 510 g/mol. The molecule has 0 amide bonds. The van der Waals surface area contributed by atoms with Gasteiger partial charge in [0.15, 0.2) is 17.5 Å². The summed E-state index contributed by atoms with van der Waals surface area (Å²) in [6.45, 7) is 10.2. The lowest BCUT2D eigenvalue weighted by Gasteiger charge is -2.43. The van der Waals surface area contributed by atoms with Gasteiger partial charge in [-0.3, -0.25) is 9.89 Å². The van der Waals surface area contributed by atoms with Crippen molar-refractivity contribution in [3.63, 3.8) is 0 Å². The fraction of sp³-hybridized carbons (Fsp3) is 0.696. The van der Waals surface area contributed by atoms with E-state index in [0.717, 1.165) is 64.6 Å². The molecule has 8 heteroatoms. The lowest BCUT2D eigenvalue weighted by Crippen LogP contribution is -2.54. The minimum absolute atomic E-state index is 0. The van der Waals surface area contributed by atoms with Crippen molar-refractivity contribution in [3.05, 3.63) is 30.1 Å². The summed E-state index contributed by atoms with van der Waals surface area (Å²) in [5.74, 6) is 0.755. The molecular formula is C23H38FIN4O2. The van der Waals surface area contributed by atoms with Crippen LogP contribution in [0.15, 0.2) is 29.3 Å². The number of aliphatic imine (C=N–C) groups is 1.